The summed E-state index contributed by atoms with van der Waals surface area (Å²) in [4.78, 5) is 35.7. The minimum absolute atomic E-state index is 0.247. The van der Waals surface area contributed by atoms with Gasteiger partial charge in [0.15, 0.2) is 0 Å². The fraction of sp³-hybridized carbons (Fsp3) is 0.278. The van der Waals surface area contributed by atoms with Crippen molar-refractivity contribution >= 4 is 29.8 Å². The molecule has 1 rings (SSSR count). The van der Waals surface area contributed by atoms with Crippen molar-refractivity contribution in [3.8, 4) is 5.75 Å². The van der Waals surface area contributed by atoms with Crippen molar-refractivity contribution in [3.05, 3.63) is 49.6 Å². The van der Waals surface area contributed by atoms with E-state index in [0.717, 1.165) is 17.0 Å². The van der Waals surface area contributed by atoms with Crippen LogP contribution in [0, 0.1) is 0 Å². The van der Waals surface area contributed by atoms with E-state index in [1.54, 1.807) is 23.9 Å². The highest BCUT2D eigenvalue weighted by atomic mass is 32.2. The van der Waals surface area contributed by atoms with Crippen LogP contribution in [-0.2, 0) is 19.1 Å². The van der Waals surface area contributed by atoms with Crippen LogP contribution < -0.4 is 10.1 Å². The molecular formula is C18H21NO6S. The van der Waals surface area contributed by atoms with Gasteiger partial charge < -0.3 is 19.5 Å². The zero-order valence-corrected chi connectivity index (χ0v) is 15.5. The Bertz CT molecular complexity index is 647. The Morgan fingerprint density at radius 3 is 2.00 bits per heavy atom. The second kappa shape index (κ2) is 10.3. The number of carbonyl (C=O) groups is 3. The van der Waals surface area contributed by atoms with E-state index < -0.39 is 23.6 Å². The molecule has 0 aliphatic carbocycles. The highest BCUT2D eigenvalue weighted by Crippen LogP contribution is 2.19. The van der Waals surface area contributed by atoms with Gasteiger partial charge in [-0.1, -0.05) is 13.2 Å². The van der Waals surface area contributed by atoms with Gasteiger partial charge in [-0.3, -0.25) is 0 Å². The number of rotatable bonds is 9. The molecule has 7 nitrogen and oxygen atoms in total. The van der Waals surface area contributed by atoms with Crippen LogP contribution in [-0.4, -0.2) is 43.0 Å². The number of hydrogen-bond acceptors (Lipinski definition) is 7. The fourth-order valence-corrected chi connectivity index (χ4v) is 2.12. The summed E-state index contributed by atoms with van der Waals surface area (Å²) in [5.41, 5.74) is -1.20. The molecule has 0 saturated carbocycles. The van der Waals surface area contributed by atoms with Crippen LogP contribution >= 0.6 is 11.8 Å². The van der Waals surface area contributed by atoms with E-state index in [1.165, 1.54) is 6.92 Å². The molecule has 1 aromatic carbocycles. The monoisotopic (exact) mass is 379 g/mol. The lowest BCUT2D eigenvalue weighted by Crippen LogP contribution is -2.54. The standard InChI is InChI=1S/C18H21NO6S/c1-5-15(20)23-11-18(3,12-24-16(21)6-2)19-17(22)25-13-7-9-14(26-4)10-8-13/h5-10H,1-2,11-12H2,3-4H3,(H,19,22). The average molecular weight is 379 g/mol. The molecule has 0 unspecified atom stereocenters. The molecule has 0 aromatic heterocycles. The lowest BCUT2D eigenvalue weighted by molar-refractivity contribution is -0.144. The summed E-state index contributed by atoms with van der Waals surface area (Å²) in [7, 11) is 0. The van der Waals surface area contributed by atoms with E-state index in [9.17, 15) is 14.4 Å². The topological polar surface area (TPSA) is 90.9 Å². The number of amides is 1. The van der Waals surface area contributed by atoms with Gasteiger partial charge in [0.2, 0.25) is 0 Å². The van der Waals surface area contributed by atoms with Crippen molar-refractivity contribution in [2.24, 2.45) is 0 Å². The van der Waals surface area contributed by atoms with E-state index >= 15 is 0 Å². The molecule has 0 fully saturated rings. The third kappa shape index (κ3) is 7.43. The van der Waals surface area contributed by atoms with Crippen molar-refractivity contribution in [1.29, 1.82) is 0 Å². The summed E-state index contributed by atoms with van der Waals surface area (Å²) < 4.78 is 15.1. The van der Waals surface area contributed by atoms with Crippen LogP contribution in [0.5, 0.6) is 5.75 Å². The second-order valence-electron chi connectivity index (χ2n) is 5.37. The normalized spacial score (nSPS) is 10.4. The lowest BCUT2D eigenvalue weighted by Gasteiger charge is -2.28. The van der Waals surface area contributed by atoms with E-state index in [0.29, 0.717) is 5.75 Å². The van der Waals surface area contributed by atoms with Gasteiger partial charge in [0.1, 0.15) is 24.5 Å². The summed E-state index contributed by atoms with van der Waals surface area (Å²) in [5, 5.41) is 2.54. The van der Waals surface area contributed by atoms with E-state index in [2.05, 4.69) is 18.5 Å². The summed E-state index contributed by atoms with van der Waals surface area (Å²) in [6.45, 7) is 7.63. The molecule has 0 atom stereocenters. The molecule has 0 radical (unpaired) electrons. The molecule has 0 aliphatic rings. The highest BCUT2D eigenvalue weighted by Gasteiger charge is 2.31. The molecule has 1 N–H and O–H groups in total. The first-order valence-corrected chi connectivity index (χ1v) is 8.77. The molecule has 8 heteroatoms. The Balaban J connectivity index is 2.75. The number of hydrogen-bond donors (Lipinski definition) is 1. The molecule has 0 bridgehead atoms. The van der Waals surface area contributed by atoms with Crippen LogP contribution in [0.4, 0.5) is 4.79 Å². The van der Waals surface area contributed by atoms with Gasteiger partial charge in [-0.15, -0.1) is 11.8 Å². The highest BCUT2D eigenvalue weighted by molar-refractivity contribution is 7.98. The molecule has 0 aliphatic heterocycles. The van der Waals surface area contributed by atoms with Crippen LogP contribution in [0.3, 0.4) is 0 Å². The molecule has 1 amide bonds. The van der Waals surface area contributed by atoms with E-state index in [1.807, 2.05) is 18.4 Å². The van der Waals surface area contributed by atoms with Crippen LogP contribution in [0.1, 0.15) is 6.92 Å². The quantitative estimate of drug-likeness (QED) is 0.401. The molecule has 0 spiro atoms. The molecule has 0 saturated heterocycles. The summed E-state index contributed by atoms with van der Waals surface area (Å²) in [5.74, 6) is -1.00. The fourth-order valence-electron chi connectivity index (χ4n) is 1.72. The number of ether oxygens (including phenoxy) is 3. The third-order valence-corrected chi connectivity index (χ3v) is 3.82. The first-order valence-electron chi connectivity index (χ1n) is 7.54. The third-order valence-electron chi connectivity index (χ3n) is 3.07. The smallest absolute Gasteiger partial charge is 0.413 e. The van der Waals surface area contributed by atoms with Gasteiger partial charge in [-0.2, -0.15) is 0 Å². The minimum atomic E-state index is -1.20. The van der Waals surface area contributed by atoms with Gasteiger partial charge in [0.25, 0.3) is 0 Å². The van der Waals surface area contributed by atoms with Gasteiger partial charge >= 0.3 is 18.0 Å². The van der Waals surface area contributed by atoms with Crippen molar-refractivity contribution in [2.75, 3.05) is 19.5 Å². The van der Waals surface area contributed by atoms with E-state index in [-0.39, 0.29) is 13.2 Å². The SMILES string of the molecule is C=CC(=O)OCC(C)(COC(=O)C=C)NC(=O)Oc1ccc(SC)cc1. The van der Waals surface area contributed by atoms with Crippen LogP contribution in [0.15, 0.2) is 54.5 Å². The Labute approximate surface area is 156 Å². The molecule has 1 aromatic rings. The zero-order valence-electron chi connectivity index (χ0n) is 14.7. The van der Waals surface area contributed by atoms with Crippen molar-refractivity contribution < 1.29 is 28.6 Å². The zero-order chi connectivity index (χ0) is 19.6. The Morgan fingerprint density at radius 1 is 1.08 bits per heavy atom. The van der Waals surface area contributed by atoms with Crippen LogP contribution in [0.2, 0.25) is 0 Å². The minimum Gasteiger partial charge on any atom is -0.460 e. The largest absolute Gasteiger partial charge is 0.460 e. The summed E-state index contributed by atoms with van der Waals surface area (Å²) in [6.07, 6.45) is 3.13. The van der Waals surface area contributed by atoms with Gasteiger partial charge in [0.05, 0.1) is 0 Å². The first-order chi connectivity index (χ1) is 12.3. The predicted molar refractivity (Wildman–Crippen MR) is 98.1 cm³/mol. The predicted octanol–water partition coefficient (Wildman–Crippen LogP) is 2.71. The average Bonchev–Trinajstić information content (AvgIpc) is 2.64. The second-order valence-corrected chi connectivity index (χ2v) is 6.25. The number of esters is 2. The van der Waals surface area contributed by atoms with E-state index in [4.69, 9.17) is 14.2 Å². The molecule has 26 heavy (non-hydrogen) atoms. The number of nitrogens with one attached hydrogen (secondary N) is 1. The van der Waals surface area contributed by atoms with Crippen molar-refractivity contribution in [1.82, 2.24) is 5.32 Å². The van der Waals surface area contributed by atoms with Crippen molar-refractivity contribution in [2.45, 2.75) is 17.4 Å². The number of thioether (sulfide) groups is 1. The maximum Gasteiger partial charge on any atom is 0.413 e. The lowest BCUT2D eigenvalue weighted by atomic mass is 10.1. The van der Waals surface area contributed by atoms with Gasteiger partial charge in [-0.25, -0.2) is 14.4 Å². The Hall–Kier alpha value is -2.74. The van der Waals surface area contributed by atoms with Crippen molar-refractivity contribution in [3.63, 3.8) is 0 Å². The van der Waals surface area contributed by atoms with Gasteiger partial charge in [0, 0.05) is 17.0 Å². The molecular weight excluding hydrogens is 358 g/mol. The molecule has 140 valence electrons. The first kappa shape index (κ1) is 21.3. The molecule has 0 heterocycles. The number of carbonyl (C=O) groups excluding carboxylic acids is 3. The summed E-state index contributed by atoms with van der Waals surface area (Å²) in [6, 6.07) is 6.92. The maximum atomic E-state index is 12.2. The maximum absolute atomic E-state index is 12.2. The van der Waals surface area contributed by atoms with Gasteiger partial charge in [-0.05, 0) is 37.4 Å². The number of benzene rings is 1. The Morgan fingerprint density at radius 2 is 1.58 bits per heavy atom. The Kier molecular flexibility index (Phi) is 8.44. The van der Waals surface area contributed by atoms with Crippen LogP contribution in [0.25, 0.3) is 0 Å². The summed E-state index contributed by atoms with van der Waals surface area (Å²) >= 11 is 1.56.